The van der Waals surface area contributed by atoms with Gasteiger partial charge in [-0.1, -0.05) is 48.5 Å². The maximum absolute atomic E-state index is 9.75. The Morgan fingerprint density at radius 1 is 0.906 bits per heavy atom. The maximum atomic E-state index is 9.75. The van der Waals surface area contributed by atoms with E-state index in [2.05, 4.69) is 6.07 Å². The molecule has 5 nitrogen and oxygen atoms in total. The Morgan fingerprint density at radius 3 is 2.41 bits per heavy atom. The number of hydrogen-bond acceptors (Lipinski definition) is 4. The van der Waals surface area contributed by atoms with Crippen LogP contribution in [0, 0.1) is 11.3 Å². The van der Waals surface area contributed by atoms with Crippen molar-refractivity contribution in [2.45, 2.75) is 6.61 Å². The molecule has 0 saturated carbocycles. The van der Waals surface area contributed by atoms with E-state index >= 15 is 0 Å². The minimum atomic E-state index is 0.376. The molecule has 160 valence electrons. The Hall–Kier alpha value is -3.88. The Kier molecular flexibility index (Phi) is 6.64. The summed E-state index contributed by atoms with van der Waals surface area (Å²) in [7, 11) is 0. The number of ether oxygens (including phenoxy) is 2. The Bertz CT molecular complexity index is 1230. The molecule has 3 aromatic carbocycles. The Morgan fingerprint density at radius 2 is 1.69 bits per heavy atom. The molecule has 0 spiro atoms. The van der Waals surface area contributed by atoms with E-state index in [1.54, 1.807) is 4.57 Å². The van der Waals surface area contributed by atoms with Crippen LogP contribution in [0.15, 0.2) is 85.1 Å². The van der Waals surface area contributed by atoms with Crippen LogP contribution >= 0.6 is 11.6 Å². The van der Waals surface area contributed by atoms with Crippen LogP contribution in [-0.4, -0.2) is 17.1 Å². The van der Waals surface area contributed by atoms with Gasteiger partial charge in [-0.2, -0.15) is 5.26 Å². The van der Waals surface area contributed by atoms with E-state index in [1.807, 2.05) is 85.1 Å². The molecular weight excluding hydrogens is 422 g/mol. The zero-order valence-electron chi connectivity index (χ0n) is 17.4. The summed E-state index contributed by atoms with van der Waals surface area (Å²) in [6.07, 6.45) is 1.87. The topological polar surface area (TPSA) is 73.2 Å². The summed E-state index contributed by atoms with van der Waals surface area (Å²) in [5.41, 5.74) is 10.3. The maximum Gasteiger partial charge on any atom is 0.126 e. The highest BCUT2D eigenvalue weighted by Gasteiger charge is 2.16. The van der Waals surface area contributed by atoms with Crippen molar-refractivity contribution in [3.8, 4) is 34.4 Å². The fourth-order valence-electron chi connectivity index (χ4n) is 3.42. The lowest BCUT2D eigenvalue weighted by Gasteiger charge is -2.09. The lowest BCUT2D eigenvalue weighted by atomic mass is 10.0. The number of halogens is 1. The van der Waals surface area contributed by atoms with Crippen molar-refractivity contribution in [1.29, 1.82) is 5.26 Å². The number of nitrogen functional groups attached to an aromatic ring is 1. The molecule has 0 unspecified atom stereocenters. The quantitative estimate of drug-likeness (QED) is 0.349. The van der Waals surface area contributed by atoms with Gasteiger partial charge in [0.05, 0.1) is 11.6 Å². The number of anilines is 1. The molecule has 0 amide bonds. The van der Waals surface area contributed by atoms with Gasteiger partial charge in [0.15, 0.2) is 0 Å². The Labute approximate surface area is 192 Å². The first kappa shape index (κ1) is 21.4. The zero-order chi connectivity index (χ0) is 22.3. The lowest BCUT2D eigenvalue weighted by Crippen LogP contribution is -2.02. The van der Waals surface area contributed by atoms with Crippen LogP contribution in [0.3, 0.4) is 0 Å². The standard InChI is InChI=1S/C26H22ClN3O2/c27-13-14-31-23-8-4-7-21(15-23)30-17-25(24(16-28)26(30)29)20-9-11-22(12-10-20)32-18-19-5-2-1-3-6-19/h1-12,15,17H,13-14,18,29H2. The lowest BCUT2D eigenvalue weighted by molar-refractivity contribution is 0.306. The summed E-state index contributed by atoms with van der Waals surface area (Å²) in [4.78, 5) is 0. The molecule has 6 heteroatoms. The summed E-state index contributed by atoms with van der Waals surface area (Å²) in [5, 5.41) is 9.75. The molecule has 1 aromatic heterocycles. The van der Waals surface area contributed by atoms with E-state index in [9.17, 15) is 5.26 Å². The highest BCUT2D eigenvalue weighted by Crippen LogP contribution is 2.33. The van der Waals surface area contributed by atoms with Gasteiger partial charge in [-0.3, -0.25) is 0 Å². The van der Waals surface area contributed by atoms with Crippen molar-refractivity contribution in [3.05, 3.63) is 96.2 Å². The molecule has 0 aliphatic carbocycles. The van der Waals surface area contributed by atoms with Crippen molar-refractivity contribution in [2.75, 3.05) is 18.2 Å². The number of alkyl halides is 1. The van der Waals surface area contributed by atoms with E-state index in [-0.39, 0.29) is 0 Å². The number of hydrogen-bond donors (Lipinski definition) is 1. The van der Waals surface area contributed by atoms with Crippen LogP contribution in [0.2, 0.25) is 0 Å². The molecule has 4 aromatic rings. The van der Waals surface area contributed by atoms with E-state index in [4.69, 9.17) is 26.8 Å². The van der Waals surface area contributed by atoms with Gasteiger partial charge in [0.1, 0.15) is 42.2 Å². The molecule has 0 fully saturated rings. The predicted octanol–water partition coefficient (Wildman–Crippen LogP) is 5.79. The SMILES string of the molecule is N#Cc1c(-c2ccc(OCc3ccccc3)cc2)cn(-c2cccc(OCCCl)c2)c1N. The summed E-state index contributed by atoms with van der Waals surface area (Å²) in [6.45, 7) is 0.911. The first-order valence-corrected chi connectivity index (χ1v) is 10.7. The molecule has 32 heavy (non-hydrogen) atoms. The molecule has 1 heterocycles. The first-order chi connectivity index (χ1) is 15.7. The highest BCUT2D eigenvalue weighted by atomic mass is 35.5. The number of rotatable bonds is 8. The van der Waals surface area contributed by atoms with E-state index in [1.165, 1.54) is 0 Å². The second-order valence-corrected chi connectivity index (χ2v) is 7.50. The molecular formula is C26H22ClN3O2. The highest BCUT2D eigenvalue weighted by molar-refractivity contribution is 6.18. The van der Waals surface area contributed by atoms with Gasteiger partial charge in [-0.25, -0.2) is 0 Å². The van der Waals surface area contributed by atoms with Crippen molar-refractivity contribution in [3.63, 3.8) is 0 Å². The largest absolute Gasteiger partial charge is 0.492 e. The van der Waals surface area contributed by atoms with Crippen LogP contribution in [0.25, 0.3) is 16.8 Å². The van der Waals surface area contributed by atoms with Gasteiger partial charge in [0.25, 0.3) is 0 Å². The van der Waals surface area contributed by atoms with Gasteiger partial charge in [-0.05, 0) is 35.4 Å². The molecule has 0 atom stereocenters. The summed E-state index contributed by atoms with van der Waals surface area (Å²) in [6, 6.07) is 27.4. The second-order valence-electron chi connectivity index (χ2n) is 7.12. The van der Waals surface area contributed by atoms with Gasteiger partial charge in [-0.15, -0.1) is 11.6 Å². The molecule has 4 rings (SSSR count). The van der Waals surface area contributed by atoms with Gasteiger partial charge in [0, 0.05) is 17.8 Å². The summed E-state index contributed by atoms with van der Waals surface area (Å²) < 4.78 is 13.3. The minimum Gasteiger partial charge on any atom is -0.492 e. The van der Waals surface area contributed by atoms with Crippen molar-refractivity contribution >= 4 is 17.4 Å². The number of aromatic nitrogens is 1. The molecule has 0 radical (unpaired) electrons. The molecule has 0 saturated heterocycles. The van der Waals surface area contributed by atoms with Gasteiger partial charge >= 0.3 is 0 Å². The fourth-order valence-corrected chi connectivity index (χ4v) is 3.50. The van der Waals surface area contributed by atoms with E-state index in [0.717, 1.165) is 28.1 Å². The third-order valence-electron chi connectivity index (χ3n) is 5.01. The van der Waals surface area contributed by atoms with Gasteiger partial charge in [0.2, 0.25) is 0 Å². The van der Waals surface area contributed by atoms with Crippen LogP contribution in [-0.2, 0) is 6.61 Å². The van der Waals surface area contributed by atoms with Crippen LogP contribution < -0.4 is 15.2 Å². The third kappa shape index (κ3) is 4.72. The molecule has 0 aliphatic rings. The fraction of sp³-hybridized carbons (Fsp3) is 0.115. The summed E-state index contributed by atoms with van der Waals surface area (Å²) in [5.74, 6) is 2.23. The number of nitrogens with two attached hydrogens (primary N) is 1. The van der Waals surface area contributed by atoms with Crippen molar-refractivity contribution in [2.24, 2.45) is 0 Å². The van der Waals surface area contributed by atoms with Gasteiger partial charge < -0.3 is 19.8 Å². The normalized spacial score (nSPS) is 10.5. The first-order valence-electron chi connectivity index (χ1n) is 10.2. The van der Waals surface area contributed by atoms with Crippen LogP contribution in [0.5, 0.6) is 11.5 Å². The number of nitrogens with zero attached hydrogens (tertiary/aromatic N) is 2. The predicted molar refractivity (Wildman–Crippen MR) is 127 cm³/mol. The molecule has 2 N–H and O–H groups in total. The average Bonchev–Trinajstić information content (AvgIpc) is 3.18. The monoisotopic (exact) mass is 443 g/mol. The third-order valence-corrected chi connectivity index (χ3v) is 5.16. The smallest absolute Gasteiger partial charge is 0.126 e. The molecule has 0 bridgehead atoms. The van der Waals surface area contributed by atoms with Crippen LogP contribution in [0.4, 0.5) is 5.82 Å². The minimum absolute atomic E-state index is 0.376. The van der Waals surface area contributed by atoms with E-state index < -0.39 is 0 Å². The van der Waals surface area contributed by atoms with Crippen molar-refractivity contribution in [1.82, 2.24) is 4.57 Å². The Balaban J connectivity index is 1.58. The van der Waals surface area contributed by atoms with Crippen molar-refractivity contribution < 1.29 is 9.47 Å². The van der Waals surface area contributed by atoms with E-state index in [0.29, 0.717) is 36.2 Å². The number of benzene rings is 3. The average molecular weight is 444 g/mol. The number of nitriles is 1. The van der Waals surface area contributed by atoms with Crippen LogP contribution in [0.1, 0.15) is 11.1 Å². The summed E-state index contributed by atoms with van der Waals surface area (Å²) >= 11 is 5.71. The zero-order valence-corrected chi connectivity index (χ0v) is 18.1. The molecule has 0 aliphatic heterocycles. The second kappa shape index (κ2) is 9.95.